The molecule has 2 rings (SSSR count). The lowest BCUT2D eigenvalue weighted by molar-refractivity contribution is 0.102. The number of amides is 1. The fourth-order valence-corrected chi connectivity index (χ4v) is 3.77. The highest BCUT2D eigenvalue weighted by Gasteiger charge is 2.21. The fraction of sp³-hybridized carbons (Fsp3) is 0.188. The topological polar surface area (TPSA) is 84.5 Å². The largest absolute Gasteiger partial charge is 0.495 e. The second kappa shape index (κ2) is 8.05. The lowest BCUT2D eigenvalue weighted by Crippen LogP contribution is -2.24. The zero-order valence-corrected chi connectivity index (χ0v) is 15.8. The molecule has 25 heavy (non-hydrogen) atoms. The van der Waals surface area contributed by atoms with Crippen molar-refractivity contribution in [2.24, 2.45) is 0 Å². The molecule has 0 fully saturated rings. The summed E-state index contributed by atoms with van der Waals surface area (Å²) in [5, 5.41) is 3.33. The van der Waals surface area contributed by atoms with Crippen LogP contribution in [0.3, 0.4) is 0 Å². The number of rotatable bonds is 6. The number of halogens is 2. The fourth-order valence-electron chi connectivity index (χ4n) is 2.08. The van der Waals surface area contributed by atoms with Crippen molar-refractivity contribution >= 4 is 44.8 Å². The van der Waals surface area contributed by atoms with E-state index in [1.54, 1.807) is 19.1 Å². The van der Waals surface area contributed by atoms with E-state index in [1.807, 2.05) is 0 Å². The number of anilines is 1. The molecule has 1 amide bonds. The lowest BCUT2D eigenvalue weighted by atomic mass is 10.2. The summed E-state index contributed by atoms with van der Waals surface area (Å²) in [5.41, 5.74) is 0.506. The number of hydrogen-bond donors (Lipinski definition) is 2. The van der Waals surface area contributed by atoms with Crippen LogP contribution in [0.5, 0.6) is 5.75 Å². The second-order valence-electron chi connectivity index (χ2n) is 4.95. The van der Waals surface area contributed by atoms with Crippen molar-refractivity contribution in [3.63, 3.8) is 0 Å². The molecular weight excluding hydrogens is 387 g/mol. The van der Waals surface area contributed by atoms with Crippen LogP contribution in [0.2, 0.25) is 10.0 Å². The summed E-state index contributed by atoms with van der Waals surface area (Å²) >= 11 is 11.8. The van der Waals surface area contributed by atoms with Gasteiger partial charge in [0.2, 0.25) is 10.0 Å². The predicted molar refractivity (Wildman–Crippen MR) is 98.3 cm³/mol. The van der Waals surface area contributed by atoms with Gasteiger partial charge in [-0.25, -0.2) is 13.1 Å². The molecule has 6 nitrogen and oxygen atoms in total. The van der Waals surface area contributed by atoms with Crippen LogP contribution in [0.1, 0.15) is 17.3 Å². The van der Waals surface area contributed by atoms with Crippen molar-refractivity contribution in [1.29, 1.82) is 0 Å². The molecule has 0 radical (unpaired) electrons. The van der Waals surface area contributed by atoms with Gasteiger partial charge in [0.05, 0.1) is 17.8 Å². The molecule has 0 spiro atoms. The van der Waals surface area contributed by atoms with E-state index >= 15 is 0 Å². The molecule has 134 valence electrons. The van der Waals surface area contributed by atoms with E-state index in [4.69, 9.17) is 27.9 Å². The molecule has 0 aromatic heterocycles. The molecule has 2 aromatic rings. The molecule has 0 aliphatic carbocycles. The van der Waals surface area contributed by atoms with Gasteiger partial charge in [0.25, 0.3) is 5.91 Å². The predicted octanol–water partition coefficient (Wildman–Crippen LogP) is 3.55. The SMILES string of the molecule is CCNS(=O)(=O)c1cc(C(=O)Nc2ccc(Cl)cc2Cl)ccc1OC. The maximum absolute atomic E-state index is 12.4. The van der Waals surface area contributed by atoms with Gasteiger partial charge in [-0.2, -0.15) is 0 Å². The van der Waals surface area contributed by atoms with E-state index in [0.29, 0.717) is 10.7 Å². The summed E-state index contributed by atoms with van der Waals surface area (Å²) in [6, 6.07) is 8.76. The Kier molecular flexibility index (Phi) is 6.29. The summed E-state index contributed by atoms with van der Waals surface area (Å²) < 4.78 is 32.0. The first kappa shape index (κ1) is 19.5. The third kappa shape index (κ3) is 4.64. The van der Waals surface area contributed by atoms with Crippen molar-refractivity contribution in [2.75, 3.05) is 19.0 Å². The molecule has 0 aliphatic heterocycles. The number of benzene rings is 2. The van der Waals surface area contributed by atoms with Crippen LogP contribution in [-0.4, -0.2) is 28.0 Å². The second-order valence-corrected chi connectivity index (χ2v) is 7.52. The van der Waals surface area contributed by atoms with Crippen LogP contribution < -0.4 is 14.8 Å². The number of methoxy groups -OCH3 is 1. The van der Waals surface area contributed by atoms with Crippen LogP contribution in [0, 0.1) is 0 Å². The zero-order valence-electron chi connectivity index (χ0n) is 13.5. The van der Waals surface area contributed by atoms with E-state index in [1.165, 1.54) is 31.4 Å². The molecule has 0 saturated heterocycles. The Bertz CT molecular complexity index is 901. The molecule has 2 aromatic carbocycles. The molecule has 2 N–H and O–H groups in total. The number of ether oxygens (including phenoxy) is 1. The van der Waals surface area contributed by atoms with Gasteiger partial charge < -0.3 is 10.1 Å². The molecule has 0 aliphatic rings. The van der Waals surface area contributed by atoms with Crippen LogP contribution >= 0.6 is 23.2 Å². The van der Waals surface area contributed by atoms with Crippen molar-refractivity contribution in [1.82, 2.24) is 4.72 Å². The minimum absolute atomic E-state index is 0.119. The maximum Gasteiger partial charge on any atom is 0.255 e. The third-order valence-corrected chi connectivity index (χ3v) is 5.34. The monoisotopic (exact) mass is 402 g/mol. The summed E-state index contributed by atoms with van der Waals surface area (Å²) in [6.45, 7) is 1.87. The van der Waals surface area contributed by atoms with Crippen LogP contribution in [-0.2, 0) is 10.0 Å². The van der Waals surface area contributed by atoms with Gasteiger partial charge in [-0.15, -0.1) is 0 Å². The quantitative estimate of drug-likeness (QED) is 0.773. The summed E-state index contributed by atoms with van der Waals surface area (Å²) in [4.78, 5) is 12.3. The Morgan fingerprint density at radius 1 is 1.16 bits per heavy atom. The smallest absolute Gasteiger partial charge is 0.255 e. The molecule has 0 saturated carbocycles. The lowest BCUT2D eigenvalue weighted by Gasteiger charge is -2.12. The van der Waals surface area contributed by atoms with Crippen LogP contribution in [0.25, 0.3) is 0 Å². The Morgan fingerprint density at radius 3 is 2.48 bits per heavy atom. The number of carbonyl (C=O) groups excluding carboxylic acids is 1. The minimum Gasteiger partial charge on any atom is -0.495 e. The maximum atomic E-state index is 12.4. The highest BCUT2D eigenvalue weighted by molar-refractivity contribution is 7.89. The van der Waals surface area contributed by atoms with Crippen molar-refractivity contribution in [3.05, 3.63) is 52.0 Å². The average molecular weight is 403 g/mol. The highest BCUT2D eigenvalue weighted by Crippen LogP contribution is 2.28. The van der Waals surface area contributed by atoms with Gasteiger partial charge in [-0.05, 0) is 36.4 Å². The summed E-state index contributed by atoms with van der Waals surface area (Å²) in [5.74, 6) is -0.373. The van der Waals surface area contributed by atoms with Gasteiger partial charge in [0.15, 0.2) is 0 Å². The minimum atomic E-state index is -3.79. The van der Waals surface area contributed by atoms with E-state index in [-0.39, 0.29) is 27.8 Å². The number of sulfonamides is 1. The van der Waals surface area contributed by atoms with Gasteiger partial charge in [0, 0.05) is 17.1 Å². The first-order valence-electron chi connectivity index (χ1n) is 7.22. The number of nitrogens with one attached hydrogen (secondary N) is 2. The van der Waals surface area contributed by atoms with Crippen molar-refractivity contribution in [2.45, 2.75) is 11.8 Å². The highest BCUT2D eigenvalue weighted by atomic mass is 35.5. The molecule has 0 unspecified atom stereocenters. The van der Waals surface area contributed by atoms with E-state index in [9.17, 15) is 13.2 Å². The van der Waals surface area contributed by atoms with Gasteiger partial charge in [0.1, 0.15) is 10.6 Å². The first-order chi connectivity index (χ1) is 11.8. The van der Waals surface area contributed by atoms with E-state index in [0.717, 1.165) is 0 Å². The summed E-state index contributed by atoms with van der Waals surface area (Å²) in [6.07, 6.45) is 0. The van der Waals surface area contributed by atoms with Gasteiger partial charge in [-0.1, -0.05) is 30.1 Å². The molecule has 9 heteroatoms. The van der Waals surface area contributed by atoms with Crippen molar-refractivity contribution in [3.8, 4) is 5.75 Å². The standard InChI is InChI=1S/C16H16Cl2N2O4S/c1-3-19-25(22,23)15-8-10(4-7-14(15)24-2)16(21)20-13-6-5-11(17)9-12(13)18/h4-9,19H,3H2,1-2H3,(H,20,21). The van der Waals surface area contributed by atoms with E-state index < -0.39 is 15.9 Å². The van der Waals surface area contributed by atoms with Crippen molar-refractivity contribution < 1.29 is 17.9 Å². The molecule has 0 heterocycles. The normalized spacial score (nSPS) is 11.2. The number of hydrogen-bond acceptors (Lipinski definition) is 4. The van der Waals surface area contributed by atoms with Gasteiger partial charge in [-0.3, -0.25) is 4.79 Å². The Hall–Kier alpha value is -1.80. The summed E-state index contributed by atoms with van der Waals surface area (Å²) in [7, 11) is -2.44. The molecule has 0 atom stereocenters. The average Bonchev–Trinajstić information content (AvgIpc) is 2.56. The van der Waals surface area contributed by atoms with Gasteiger partial charge >= 0.3 is 0 Å². The zero-order chi connectivity index (χ0) is 18.6. The Morgan fingerprint density at radius 2 is 1.88 bits per heavy atom. The number of carbonyl (C=O) groups is 1. The molecular formula is C16H16Cl2N2O4S. The Labute approximate surface area is 156 Å². The van der Waals surface area contributed by atoms with Crippen LogP contribution in [0.15, 0.2) is 41.3 Å². The third-order valence-electron chi connectivity index (χ3n) is 3.23. The first-order valence-corrected chi connectivity index (χ1v) is 9.46. The van der Waals surface area contributed by atoms with Crippen LogP contribution in [0.4, 0.5) is 5.69 Å². The van der Waals surface area contributed by atoms with E-state index in [2.05, 4.69) is 10.0 Å². The Balaban J connectivity index is 2.37. The molecule has 0 bridgehead atoms.